The molecule has 0 aromatic heterocycles. The Morgan fingerprint density at radius 3 is 1.88 bits per heavy atom. The SMILES string of the molecule is O=C(O)C1CCN(C(=O)C2CCN(C(=O)c3ccccc3)CC2)CC1. The van der Waals surface area contributed by atoms with Crippen molar-refractivity contribution >= 4 is 17.8 Å². The fourth-order valence-corrected chi connectivity index (χ4v) is 3.70. The first-order valence-corrected chi connectivity index (χ1v) is 8.92. The van der Waals surface area contributed by atoms with Gasteiger partial charge in [-0.15, -0.1) is 0 Å². The molecule has 0 radical (unpaired) electrons. The van der Waals surface area contributed by atoms with Gasteiger partial charge in [-0.25, -0.2) is 0 Å². The molecule has 1 N–H and O–H groups in total. The van der Waals surface area contributed by atoms with Gasteiger partial charge >= 0.3 is 5.97 Å². The molecule has 1 aromatic rings. The number of amides is 2. The van der Waals surface area contributed by atoms with Gasteiger partial charge in [0.15, 0.2) is 0 Å². The quantitative estimate of drug-likeness (QED) is 0.908. The van der Waals surface area contributed by atoms with Crippen LogP contribution in [-0.4, -0.2) is 58.9 Å². The molecule has 2 heterocycles. The summed E-state index contributed by atoms with van der Waals surface area (Å²) in [6.45, 7) is 2.24. The summed E-state index contributed by atoms with van der Waals surface area (Å²) in [4.78, 5) is 39.7. The van der Waals surface area contributed by atoms with Gasteiger partial charge in [-0.05, 0) is 37.8 Å². The summed E-state index contributed by atoms with van der Waals surface area (Å²) in [6.07, 6.45) is 2.42. The number of benzene rings is 1. The molecule has 0 atom stereocenters. The number of likely N-dealkylation sites (tertiary alicyclic amines) is 2. The molecule has 0 saturated carbocycles. The molecule has 134 valence electrons. The number of carbonyl (C=O) groups is 3. The predicted octanol–water partition coefficient (Wildman–Crippen LogP) is 1.86. The molecular formula is C19H24N2O4. The Morgan fingerprint density at radius 2 is 1.32 bits per heavy atom. The van der Waals surface area contributed by atoms with Gasteiger partial charge in [0, 0.05) is 37.7 Å². The first kappa shape index (κ1) is 17.5. The zero-order valence-corrected chi connectivity index (χ0v) is 14.3. The molecule has 2 fully saturated rings. The lowest BCUT2D eigenvalue weighted by molar-refractivity contribution is -0.147. The molecule has 6 nitrogen and oxygen atoms in total. The average molecular weight is 344 g/mol. The van der Waals surface area contributed by atoms with Crippen molar-refractivity contribution in [3.8, 4) is 0 Å². The number of aliphatic carboxylic acids is 1. The van der Waals surface area contributed by atoms with E-state index in [4.69, 9.17) is 5.11 Å². The molecule has 0 unspecified atom stereocenters. The summed E-state index contributed by atoms with van der Waals surface area (Å²) in [7, 11) is 0. The van der Waals surface area contributed by atoms with Crippen molar-refractivity contribution in [2.24, 2.45) is 11.8 Å². The zero-order valence-electron chi connectivity index (χ0n) is 14.3. The molecule has 6 heteroatoms. The van der Waals surface area contributed by atoms with E-state index in [0.717, 1.165) is 0 Å². The lowest BCUT2D eigenvalue weighted by Gasteiger charge is -2.36. The van der Waals surface area contributed by atoms with E-state index in [2.05, 4.69) is 0 Å². The third-order valence-corrected chi connectivity index (χ3v) is 5.31. The summed E-state index contributed by atoms with van der Waals surface area (Å²) >= 11 is 0. The molecule has 2 aliphatic rings. The lowest BCUT2D eigenvalue weighted by atomic mass is 9.92. The Hall–Kier alpha value is -2.37. The number of rotatable bonds is 3. The van der Waals surface area contributed by atoms with Crippen LogP contribution < -0.4 is 0 Å². The van der Waals surface area contributed by atoms with Crippen molar-refractivity contribution in [2.75, 3.05) is 26.2 Å². The molecule has 2 saturated heterocycles. The molecule has 3 rings (SSSR count). The van der Waals surface area contributed by atoms with Crippen LogP contribution in [0, 0.1) is 11.8 Å². The second kappa shape index (κ2) is 7.68. The van der Waals surface area contributed by atoms with Crippen molar-refractivity contribution in [3.63, 3.8) is 0 Å². The van der Waals surface area contributed by atoms with Crippen molar-refractivity contribution in [1.29, 1.82) is 0 Å². The van der Waals surface area contributed by atoms with Crippen molar-refractivity contribution in [2.45, 2.75) is 25.7 Å². The maximum atomic E-state index is 12.7. The highest BCUT2D eigenvalue weighted by Gasteiger charge is 2.33. The summed E-state index contributed by atoms with van der Waals surface area (Å²) < 4.78 is 0. The van der Waals surface area contributed by atoms with Gasteiger partial charge in [-0.1, -0.05) is 18.2 Å². The maximum Gasteiger partial charge on any atom is 0.306 e. The fourth-order valence-electron chi connectivity index (χ4n) is 3.70. The highest BCUT2D eigenvalue weighted by molar-refractivity contribution is 5.94. The van der Waals surface area contributed by atoms with Crippen LogP contribution in [0.15, 0.2) is 30.3 Å². The number of nitrogens with zero attached hydrogens (tertiary/aromatic N) is 2. The van der Waals surface area contributed by atoms with E-state index in [9.17, 15) is 14.4 Å². The number of carbonyl (C=O) groups excluding carboxylic acids is 2. The maximum absolute atomic E-state index is 12.7. The van der Waals surface area contributed by atoms with Crippen LogP contribution in [0.2, 0.25) is 0 Å². The largest absolute Gasteiger partial charge is 0.481 e. The van der Waals surface area contributed by atoms with Crippen LogP contribution in [-0.2, 0) is 9.59 Å². The van der Waals surface area contributed by atoms with Crippen molar-refractivity contribution in [1.82, 2.24) is 9.80 Å². The number of hydrogen-bond acceptors (Lipinski definition) is 3. The molecule has 0 spiro atoms. The van der Waals surface area contributed by atoms with Gasteiger partial charge in [0.05, 0.1) is 5.92 Å². The van der Waals surface area contributed by atoms with E-state index in [0.29, 0.717) is 57.4 Å². The fraction of sp³-hybridized carbons (Fsp3) is 0.526. The van der Waals surface area contributed by atoms with Crippen LogP contribution in [0.1, 0.15) is 36.0 Å². The molecule has 0 aliphatic carbocycles. The van der Waals surface area contributed by atoms with Gasteiger partial charge in [0.25, 0.3) is 5.91 Å². The van der Waals surface area contributed by atoms with E-state index in [1.54, 1.807) is 4.90 Å². The minimum absolute atomic E-state index is 0.0220. The second-order valence-corrected chi connectivity index (χ2v) is 6.87. The Balaban J connectivity index is 1.50. The summed E-state index contributed by atoms with van der Waals surface area (Å²) in [5.74, 6) is -1.00. The first-order chi connectivity index (χ1) is 12.1. The summed E-state index contributed by atoms with van der Waals surface area (Å²) in [6, 6.07) is 9.21. The van der Waals surface area contributed by atoms with Crippen LogP contribution >= 0.6 is 0 Å². The van der Waals surface area contributed by atoms with E-state index in [1.807, 2.05) is 35.2 Å². The molecule has 1 aromatic carbocycles. The van der Waals surface area contributed by atoms with E-state index in [1.165, 1.54) is 0 Å². The predicted molar refractivity (Wildman–Crippen MR) is 92.0 cm³/mol. The highest BCUT2D eigenvalue weighted by atomic mass is 16.4. The monoisotopic (exact) mass is 344 g/mol. The molecule has 25 heavy (non-hydrogen) atoms. The second-order valence-electron chi connectivity index (χ2n) is 6.87. The third-order valence-electron chi connectivity index (χ3n) is 5.31. The van der Waals surface area contributed by atoms with Crippen LogP contribution in [0.5, 0.6) is 0 Å². The first-order valence-electron chi connectivity index (χ1n) is 8.92. The smallest absolute Gasteiger partial charge is 0.306 e. The van der Waals surface area contributed by atoms with Crippen LogP contribution in [0.25, 0.3) is 0 Å². The van der Waals surface area contributed by atoms with E-state index in [-0.39, 0.29) is 23.7 Å². The third kappa shape index (κ3) is 4.00. The normalized spacial score (nSPS) is 19.7. The highest BCUT2D eigenvalue weighted by Crippen LogP contribution is 2.24. The van der Waals surface area contributed by atoms with E-state index < -0.39 is 5.97 Å². The number of carboxylic acids is 1. The number of carboxylic acid groups (broad SMARTS) is 1. The van der Waals surface area contributed by atoms with E-state index >= 15 is 0 Å². The van der Waals surface area contributed by atoms with Crippen molar-refractivity contribution < 1.29 is 19.5 Å². The van der Waals surface area contributed by atoms with Crippen LogP contribution in [0.3, 0.4) is 0 Å². The van der Waals surface area contributed by atoms with Gasteiger partial charge in [0.2, 0.25) is 5.91 Å². The molecule has 2 aliphatic heterocycles. The molecular weight excluding hydrogens is 320 g/mol. The Bertz CT molecular complexity index is 630. The Kier molecular flexibility index (Phi) is 5.36. The summed E-state index contributed by atoms with van der Waals surface area (Å²) in [5.41, 5.74) is 0.683. The number of hydrogen-bond donors (Lipinski definition) is 1. The molecule has 0 bridgehead atoms. The lowest BCUT2D eigenvalue weighted by Crippen LogP contribution is -2.47. The van der Waals surface area contributed by atoms with Gasteiger partial charge in [-0.2, -0.15) is 0 Å². The topological polar surface area (TPSA) is 77.9 Å². The van der Waals surface area contributed by atoms with Gasteiger partial charge in [-0.3, -0.25) is 14.4 Å². The molecule has 2 amide bonds. The summed E-state index contributed by atoms with van der Waals surface area (Å²) in [5, 5.41) is 9.05. The minimum Gasteiger partial charge on any atom is -0.481 e. The van der Waals surface area contributed by atoms with Crippen molar-refractivity contribution in [3.05, 3.63) is 35.9 Å². The van der Waals surface area contributed by atoms with Gasteiger partial charge in [0.1, 0.15) is 0 Å². The number of piperidine rings is 2. The average Bonchev–Trinajstić information content (AvgIpc) is 2.67. The Labute approximate surface area is 147 Å². The van der Waals surface area contributed by atoms with Crippen LogP contribution in [0.4, 0.5) is 0 Å². The standard InChI is InChI=1S/C19H24N2O4/c22-17(14-4-2-1-3-5-14)20-10-6-15(7-11-20)18(23)21-12-8-16(9-13-21)19(24)25/h1-5,15-16H,6-13H2,(H,24,25). The minimum atomic E-state index is -0.764. The Morgan fingerprint density at radius 1 is 0.800 bits per heavy atom. The zero-order chi connectivity index (χ0) is 17.8. The van der Waals surface area contributed by atoms with Gasteiger partial charge < -0.3 is 14.9 Å².